The molecule has 0 radical (unpaired) electrons. The number of carbonyl (C=O) groups excluding carboxylic acids is 2. The van der Waals surface area contributed by atoms with Crippen molar-refractivity contribution in [1.82, 2.24) is 15.2 Å². The summed E-state index contributed by atoms with van der Waals surface area (Å²) in [6.07, 6.45) is 1.54. The van der Waals surface area contributed by atoms with Crippen molar-refractivity contribution in [2.24, 2.45) is 0 Å². The summed E-state index contributed by atoms with van der Waals surface area (Å²) in [6, 6.07) is 17.0. The summed E-state index contributed by atoms with van der Waals surface area (Å²) in [7, 11) is 3.14. The molecule has 2 aromatic carbocycles. The van der Waals surface area contributed by atoms with Crippen molar-refractivity contribution >= 4 is 23.5 Å². The van der Waals surface area contributed by atoms with Crippen molar-refractivity contribution in [1.29, 1.82) is 0 Å². The second kappa shape index (κ2) is 8.28. The quantitative estimate of drug-likeness (QED) is 0.469. The first-order chi connectivity index (χ1) is 15.0. The van der Waals surface area contributed by atoms with E-state index in [1.54, 1.807) is 74.9 Å². The maximum Gasteiger partial charge on any atom is 0.325 e. The first-order valence-corrected chi connectivity index (χ1v) is 9.89. The molecule has 3 aromatic rings. The van der Waals surface area contributed by atoms with Crippen LogP contribution in [0.2, 0.25) is 5.15 Å². The number of urea groups is 1. The fourth-order valence-corrected chi connectivity index (χ4v) is 3.88. The number of carbonyl (C=O) groups is 2. The predicted molar refractivity (Wildman–Crippen MR) is 115 cm³/mol. The van der Waals surface area contributed by atoms with Crippen LogP contribution in [0.4, 0.5) is 4.79 Å². The number of hydrogen-bond acceptors (Lipinski definition) is 5. The Morgan fingerprint density at radius 1 is 0.935 bits per heavy atom. The number of pyridine rings is 1. The maximum atomic E-state index is 13.8. The highest BCUT2D eigenvalue weighted by Gasteiger charge is 2.53. The third kappa shape index (κ3) is 3.68. The number of amides is 3. The summed E-state index contributed by atoms with van der Waals surface area (Å²) in [6.45, 7) is 0.0704. The van der Waals surface area contributed by atoms with Crippen LogP contribution in [0.25, 0.3) is 0 Å². The molecule has 31 heavy (non-hydrogen) atoms. The molecule has 0 aliphatic carbocycles. The lowest BCUT2D eigenvalue weighted by molar-refractivity contribution is -0.130. The van der Waals surface area contributed by atoms with E-state index in [1.807, 2.05) is 0 Å². The molecule has 4 rings (SSSR count). The van der Waals surface area contributed by atoms with Crippen molar-refractivity contribution < 1.29 is 19.1 Å². The summed E-state index contributed by atoms with van der Waals surface area (Å²) in [5.74, 6) is 0.906. The van der Waals surface area contributed by atoms with E-state index in [2.05, 4.69) is 10.3 Å². The lowest BCUT2D eigenvalue weighted by atomic mass is 9.82. The van der Waals surface area contributed by atoms with Gasteiger partial charge in [-0.15, -0.1) is 0 Å². The molecule has 3 amide bonds. The predicted octanol–water partition coefficient (Wildman–Crippen LogP) is 3.75. The maximum absolute atomic E-state index is 13.8. The molecule has 0 atom stereocenters. The second-order valence-electron chi connectivity index (χ2n) is 7.02. The number of benzene rings is 2. The Labute approximate surface area is 184 Å². The molecular formula is C23H20ClN3O4. The molecule has 2 heterocycles. The minimum Gasteiger partial charge on any atom is -0.497 e. The third-order valence-electron chi connectivity index (χ3n) is 5.28. The summed E-state index contributed by atoms with van der Waals surface area (Å²) < 4.78 is 10.5. The van der Waals surface area contributed by atoms with E-state index in [4.69, 9.17) is 21.1 Å². The molecule has 1 aliphatic rings. The van der Waals surface area contributed by atoms with E-state index < -0.39 is 11.6 Å². The van der Waals surface area contributed by atoms with Crippen LogP contribution in [0.3, 0.4) is 0 Å². The molecule has 1 aliphatic heterocycles. The zero-order valence-electron chi connectivity index (χ0n) is 17.0. The Morgan fingerprint density at radius 2 is 1.48 bits per heavy atom. The standard InChI is InChI=1S/C23H20ClN3O4/c1-30-18-7-3-16(4-8-18)23(17-5-9-19(31-2)10-6-17)21(28)27(22(29)26-23)14-15-11-12-25-20(24)13-15/h3-13H,14H2,1-2H3,(H,26,29). The smallest absolute Gasteiger partial charge is 0.325 e. The van der Waals surface area contributed by atoms with E-state index in [9.17, 15) is 9.59 Å². The molecule has 0 spiro atoms. The molecule has 8 heteroatoms. The molecule has 1 fully saturated rings. The summed E-state index contributed by atoms with van der Waals surface area (Å²) in [5.41, 5.74) is 0.551. The third-order valence-corrected chi connectivity index (χ3v) is 5.49. The van der Waals surface area contributed by atoms with Gasteiger partial charge < -0.3 is 14.8 Å². The zero-order valence-corrected chi connectivity index (χ0v) is 17.7. The van der Waals surface area contributed by atoms with Gasteiger partial charge in [0.15, 0.2) is 5.54 Å². The second-order valence-corrected chi connectivity index (χ2v) is 7.40. The first-order valence-electron chi connectivity index (χ1n) is 9.51. The molecule has 1 N–H and O–H groups in total. The minimum atomic E-state index is -1.38. The van der Waals surface area contributed by atoms with Crippen LogP contribution in [0, 0.1) is 0 Å². The van der Waals surface area contributed by atoms with Crippen LogP contribution < -0.4 is 14.8 Å². The van der Waals surface area contributed by atoms with Gasteiger partial charge in [-0.2, -0.15) is 0 Å². The number of methoxy groups -OCH3 is 2. The fourth-order valence-electron chi connectivity index (χ4n) is 3.68. The number of hydrogen-bond donors (Lipinski definition) is 1. The van der Waals surface area contributed by atoms with Gasteiger partial charge in [-0.3, -0.25) is 9.69 Å². The average molecular weight is 438 g/mol. The average Bonchev–Trinajstić information content (AvgIpc) is 3.05. The van der Waals surface area contributed by atoms with E-state index in [1.165, 1.54) is 11.1 Å². The van der Waals surface area contributed by atoms with Crippen molar-refractivity contribution in [2.75, 3.05) is 14.2 Å². The Kier molecular flexibility index (Phi) is 5.52. The molecule has 0 saturated carbocycles. The Hall–Kier alpha value is -3.58. The van der Waals surface area contributed by atoms with Gasteiger partial charge in [-0.1, -0.05) is 35.9 Å². The summed E-state index contributed by atoms with van der Waals surface area (Å²) in [5, 5.41) is 3.21. The van der Waals surface area contributed by atoms with Crippen LogP contribution in [-0.4, -0.2) is 36.0 Å². The topological polar surface area (TPSA) is 80.8 Å². The summed E-state index contributed by atoms with van der Waals surface area (Å²) >= 11 is 5.97. The normalized spacial score (nSPS) is 15.0. The van der Waals surface area contributed by atoms with E-state index in [0.29, 0.717) is 33.3 Å². The van der Waals surface area contributed by atoms with Gasteiger partial charge >= 0.3 is 6.03 Å². The van der Waals surface area contributed by atoms with Crippen molar-refractivity contribution in [3.05, 3.63) is 88.7 Å². The van der Waals surface area contributed by atoms with Crippen LogP contribution >= 0.6 is 11.6 Å². The fraction of sp³-hybridized carbons (Fsp3) is 0.174. The van der Waals surface area contributed by atoms with Gasteiger partial charge in [0.1, 0.15) is 16.7 Å². The molecular weight excluding hydrogens is 418 g/mol. The monoisotopic (exact) mass is 437 g/mol. The van der Waals surface area contributed by atoms with Gasteiger partial charge in [0.05, 0.1) is 20.8 Å². The van der Waals surface area contributed by atoms with Crippen molar-refractivity contribution in [3.63, 3.8) is 0 Å². The molecule has 7 nitrogen and oxygen atoms in total. The van der Waals surface area contributed by atoms with Gasteiger partial charge in [0, 0.05) is 6.20 Å². The number of nitrogens with one attached hydrogen (secondary N) is 1. The minimum absolute atomic E-state index is 0.0704. The Balaban J connectivity index is 1.80. The highest BCUT2D eigenvalue weighted by Crippen LogP contribution is 2.38. The Bertz CT molecular complexity index is 1070. The lowest BCUT2D eigenvalue weighted by Crippen LogP contribution is -2.45. The number of rotatable bonds is 6. The van der Waals surface area contributed by atoms with Crippen LogP contribution in [0.15, 0.2) is 66.9 Å². The molecule has 1 aromatic heterocycles. The van der Waals surface area contributed by atoms with Crippen molar-refractivity contribution in [2.45, 2.75) is 12.1 Å². The van der Waals surface area contributed by atoms with Crippen LogP contribution in [-0.2, 0) is 16.9 Å². The largest absolute Gasteiger partial charge is 0.497 e. The lowest BCUT2D eigenvalue weighted by Gasteiger charge is -2.28. The highest BCUT2D eigenvalue weighted by atomic mass is 35.5. The van der Waals surface area contributed by atoms with Gasteiger partial charge in [0.25, 0.3) is 5.91 Å². The number of nitrogens with zero attached hydrogens (tertiary/aromatic N) is 2. The molecule has 0 bridgehead atoms. The SMILES string of the molecule is COc1ccc(C2(c3ccc(OC)cc3)NC(=O)N(Cc3ccnc(Cl)c3)C2=O)cc1. The van der Waals surface area contributed by atoms with E-state index >= 15 is 0 Å². The zero-order chi connectivity index (χ0) is 22.0. The van der Waals surface area contributed by atoms with E-state index in [0.717, 1.165) is 0 Å². The number of ether oxygens (including phenoxy) is 2. The van der Waals surface area contributed by atoms with Crippen LogP contribution in [0.5, 0.6) is 11.5 Å². The van der Waals surface area contributed by atoms with Gasteiger partial charge in [-0.25, -0.2) is 9.78 Å². The molecule has 0 unspecified atom stereocenters. The number of imide groups is 1. The van der Waals surface area contributed by atoms with Crippen LogP contribution in [0.1, 0.15) is 16.7 Å². The van der Waals surface area contributed by atoms with Crippen molar-refractivity contribution in [3.8, 4) is 11.5 Å². The number of aromatic nitrogens is 1. The first kappa shape index (κ1) is 20.7. The van der Waals surface area contributed by atoms with Gasteiger partial charge in [0.2, 0.25) is 0 Å². The molecule has 158 valence electrons. The highest BCUT2D eigenvalue weighted by molar-refractivity contribution is 6.29. The summed E-state index contributed by atoms with van der Waals surface area (Å²) in [4.78, 5) is 31.9. The number of halogens is 1. The van der Waals surface area contributed by atoms with Gasteiger partial charge in [-0.05, 0) is 53.1 Å². The molecule has 1 saturated heterocycles. The Morgan fingerprint density at radius 3 is 1.97 bits per heavy atom. The van der Waals surface area contributed by atoms with E-state index in [-0.39, 0.29) is 12.5 Å².